The minimum absolute atomic E-state index is 0.0154. The zero-order valence-electron chi connectivity index (χ0n) is 10.8. The van der Waals surface area contributed by atoms with Crippen LogP contribution < -0.4 is 0 Å². The highest BCUT2D eigenvalue weighted by Crippen LogP contribution is 2.33. The summed E-state index contributed by atoms with van der Waals surface area (Å²) >= 11 is 1.40. The maximum Gasteiger partial charge on any atom is 0.172 e. The van der Waals surface area contributed by atoms with E-state index in [1.165, 1.54) is 11.3 Å². The summed E-state index contributed by atoms with van der Waals surface area (Å²) in [4.78, 5) is 25.2. The molecule has 0 fully saturated rings. The third-order valence-electron chi connectivity index (χ3n) is 2.81. The van der Waals surface area contributed by atoms with E-state index in [0.717, 1.165) is 16.1 Å². The molecule has 0 spiro atoms. The second kappa shape index (κ2) is 5.30. The van der Waals surface area contributed by atoms with E-state index in [1.807, 2.05) is 24.3 Å². The lowest BCUT2D eigenvalue weighted by atomic mass is 10.1. The molecule has 20 heavy (non-hydrogen) atoms. The molecule has 3 aromatic heterocycles. The van der Waals surface area contributed by atoms with Crippen molar-refractivity contribution >= 4 is 17.1 Å². The number of carbonyl (C=O) groups excluding carboxylic acids is 1. The van der Waals surface area contributed by atoms with Crippen molar-refractivity contribution in [1.82, 2.24) is 15.0 Å². The number of ketones is 1. The Labute approximate surface area is 120 Å². The largest absolute Gasteiger partial charge is 0.294 e. The van der Waals surface area contributed by atoms with Gasteiger partial charge < -0.3 is 0 Å². The standard InChI is InChI=1S/C15H11N3OS/c1-10(19)14-13(12-3-2-6-17-9-12)18-15(20-14)11-4-7-16-8-5-11/h2-9H,1H3. The van der Waals surface area contributed by atoms with Crippen LogP contribution in [0.1, 0.15) is 16.6 Å². The predicted octanol–water partition coefficient (Wildman–Crippen LogP) is 3.47. The minimum atomic E-state index is 0.0154. The van der Waals surface area contributed by atoms with E-state index in [1.54, 1.807) is 31.7 Å². The molecule has 0 aliphatic heterocycles. The maximum absolute atomic E-state index is 11.8. The fourth-order valence-corrected chi connectivity index (χ4v) is 2.86. The van der Waals surface area contributed by atoms with E-state index in [4.69, 9.17) is 0 Å². The van der Waals surface area contributed by atoms with Gasteiger partial charge in [0.2, 0.25) is 0 Å². The van der Waals surface area contributed by atoms with Crippen LogP contribution in [0.2, 0.25) is 0 Å². The van der Waals surface area contributed by atoms with E-state index in [2.05, 4.69) is 15.0 Å². The van der Waals surface area contributed by atoms with Gasteiger partial charge in [-0.3, -0.25) is 14.8 Å². The highest BCUT2D eigenvalue weighted by atomic mass is 32.1. The summed E-state index contributed by atoms with van der Waals surface area (Å²) in [7, 11) is 0. The van der Waals surface area contributed by atoms with Gasteiger partial charge in [0.25, 0.3) is 0 Å². The fraction of sp³-hybridized carbons (Fsp3) is 0.0667. The van der Waals surface area contributed by atoms with Crippen LogP contribution in [0.25, 0.3) is 21.8 Å². The minimum Gasteiger partial charge on any atom is -0.294 e. The van der Waals surface area contributed by atoms with Crippen LogP contribution in [-0.2, 0) is 0 Å². The van der Waals surface area contributed by atoms with Crippen molar-refractivity contribution in [2.45, 2.75) is 6.92 Å². The van der Waals surface area contributed by atoms with Crippen LogP contribution >= 0.6 is 11.3 Å². The number of hydrogen-bond acceptors (Lipinski definition) is 5. The number of thiazole rings is 1. The lowest BCUT2D eigenvalue weighted by molar-refractivity contribution is 0.102. The first-order valence-electron chi connectivity index (χ1n) is 6.08. The van der Waals surface area contributed by atoms with Gasteiger partial charge in [-0.1, -0.05) is 0 Å². The molecular formula is C15H11N3OS. The van der Waals surface area contributed by atoms with Crippen LogP contribution in [-0.4, -0.2) is 20.7 Å². The normalized spacial score (nSPS) is 10.4. The number of nitrogens with zero attached hydrogens (tertiary/aromatic N) is 3. The quantitative estimate of drug-likeness (QED) is 0.690. The molecular weight excluding hydrogens is 270 g/mol. The van der Waals surface area contributed by atoms with Crippen molar-refractivity contribution in [2.24, 2.45) is 0 Å². The van der Waals surface area contributed by atoms with E-state index < -0.39 is 0 Å². The number of hydrogen-bond donors (Lipinski definition) is 0. The molecule has 0 aliphatic carbocycles. The molecule has 3 heterocycles. The maximum atomic E-state index is 11.8. The second-order valence-electron chi connectivity index (χ2n) is 4.23. The Morgan fingerprint density at radius 2 is 1.85 bits per heavy atom. The zero-order chi connectivity index (χ0) is 13.9. The Hall–Kier alpha value is -2.40. The summed E-state index contributed by atoms with van der Waals surface area (Å²) < 4.78 is 0. The van der Waals surface area contributed by atoms with Gasteiger partial charge >= 0.3 is 0 Å². The van der Waals surface area contributed by atoms with Crippen LogP contribution in [0.4, 0.5) is 0 Å². The van der Waals surface area contributed by atoms with Gasteiger partial charge in [-0.15, -0.1) is 11.3 Å². The van der Waals surface area contributed by atoms with E-state index >= 15 is 0 Å². The summed E-state index contributed by atoms with van der Waals surface area (Å²) in [5.41, 5.74) is 2.51. The smallest absolute Gasteiger partial charge is 0.172 e. The van der Waals surface area contributed by atoms with E-state index in [9.17, 15) is 4.79 Å². The molecule has 0 N–H and O–H groups in total. The van der Waals surface area contributed by atoms with Gasteiger partial charge in [0.15, 0.2) is 5.78 Å². The van der Waals surface area contributed by atoms with Crippen molar-refractivity contribution < 1.29 is 4.79 Å². The van der Waals surface area contributed by atoms with Gasteiger partial charge in [0, 0.05) is 42.8 Å². The predicted molar refractivity (Wildman–Crippen MR) is 78.6 cm³/mol. The van der Waals surface area contributed by atoms with Crippen LogP contribution in [0, 0.1) is 0 Å². The van der Waals surface area contributed by atoms with Crippen LogP contribution in [0.15, 0.2) is 49.1 Å². The number of rotatable bonds is 3. The molecule has 0 radical (unpaired) electrons. The molecule has 0 unspecified atom stereocenters. The molecule has 0 amide bonds. The number of pyridine rings is 2. The van der Waals surface area contributed by atoms with Crippen molar-refractivity contribution in [3.63, 3.8) is 0 Å². The summed E-state index contributed by atoms with van der Waals surface area (Å²) in [5, 5.41) is 0.816. The number of carbonyl (C=O) groups is 1. The van der Waals surface area contributed by atoms with Crippen molar-refractivity contribution in [2.75, 3.05) is 0 Å². The van der Waals surface area contributed by atoms with Gasteiger partial charge in [0.05, 0.1) is 10.6 Å². The summed E-state index contributed by atoms with van der Waals surface area (Å²) in [6, 6.07) is 7.51. The van der Waals surface area contributed by atoms with Gasteiger partial charge in [-0.2, -0.15) is 0 Å². The molecule has 4 nitrogen and oxygen atoms in total. The molecule has 98 valence electrons. The lowest BCUT2D eigenvalue weighted by Crippen LogP contribution is -1.91. The Morgan fingerprint density at radius 3 is 2.50 bits per heavy atom. The molecule has 3 aromatic rings. The number of Topliss-reactive ketones (excluding diaryl/α,β-unsaturated/α-hetero) is 1. The average molecular weight is 281 g/mol. The number of aromatic nitrogens is 3. The molecule has 0 aromatic carbocycles. The van der Waals surface area contributed by atoms with Gasteiger partial charge in [-0.25, -0.2) is 4.98 Å². The molecule has 0 saturated heterocycles. The molecule has 0 saturated carbocycles. The van der Waals surface area contributed by atoms with Crippen molar-refractivity contribution in [3.8, 4) is 21.8 Å². The fourth-order valence-electron chi connectivity index (χ4n) is 1.88. The summed E-state index contributed by atoms with van der Waals surface area (Å²) in [6.07, 6.45) is 6.85. The highest BCUT2D eigenvalue weighted by Gasteiger charge is 2.17. The average Bonchev–Trinajstić information content (AvgIpc) is 2.94. The van der Waals surface area contributed by atoms with E-state index in [-0.39, 0.29) is 5.78 Å². The molecule has 0 aliphatic rings. The van der Waals surface area contributed by atoms with E-state index in [0.29, 0.717) is 10.6 Å². The van der Waals surface area contributed by atoms with Gasteiger partial charge in [0.1, 0.15) is 5.01 Å². The summed E-state index contributed by atoms with van der Waals surface area (Å²) in [6.45, 7) is 1.56. The molecule has 5 heteroatoms. The monoisotopic (exact) mass is 281 g/mol. The van der Waals surface area contributed by atoms with Crippen molar-refractivity contribution in [3.05, 3.63) is 53.9 Å². The Morgan fingerprint density at radius 1 is 1.05 bits per heavy atom. The highest BCUT2D eigenvalue weighted by molar-refractivity contribution is 7.17. The van der Waals surface area contributed by atoms with Crippen LogP contribution in [0.3, 0.4) is 0 Å². The van der Waals surface area contributed by atoms with Crippen LogP contribution in [0.5, 0.6) is 0 Å². The third kappa shape index (κ3) is 2.35. The van der Waals surface area contributed by atoms with Crippen molar-refractivity contribution in [1.29, 1.82) is 0 Å². The first-order chi connectivity index (χ1) is 9.75. The SMILES string of the molecule is CC(=O)c1sc(-c2ccncc2)nc1-c1cccnc1. The Bertz CT molecular complexity index is 738. The Kier molecular flexibility index (Phi) is 3.35. The Balaban J connectivity index is 2.15. The van der Waals surface area contributed by atoms with Gasteiger partial charge in [-0.05, 0) is 24.3 Å². The zero-order valence-corrected chi connectivity index (χ0v) is 11.6. The summed E-state index contributed by atoms with van der Waals surface area (Å²) in [5.74, 6) is 0.0154. The first-order valence-corrected chi connectivity index (χ1v) is 6.90. The third-order valence-corrected chi connectivity index (χ3v) is 4.01. The lowest BCUT2D eigenvalue weighted by Gasteiger charge is -1.97. The second-order valence-corrected chi connectivity index (χ2v) is 5.23. The molecule has 0 atom stereocenters. The molecule has 0 bridgehead atoms. The molecule has 3 rings (SSSR count). The topological polar surface area (TPSA) is 55.7 Å². The first kappa shape index (κ1) is 12.6.